The predicted octanol–water partition coefficient (Wildman–Crippen LogP) is 3.34. The second kappa shape index (κ2) is 7.56. The number of imidazole rings is 1. The van der Waals surface area contributed by atoms with Gasteiger partial charge in [-0.3, -0.25) is 4.79 Å². The smallest absolute Gasteiger partial charge is 0.378 e. The summed E-state index contributed by atoms with van der Waals surface area (Å²) in [6.45, 7) is 1.74. The minimum atomic E-state index is -4.83. The van der Waals surface area contributed by atoms with E-state index in [9.17, 15) is 22.4 Å². The van der Waals surface area contributed by atoms with E-state index in [4.69, 9.17) is 4.74 Å². The first-order valence-electron chi connectivity index (χ1n) is 9.07. The number of aromatic nitrogens is 3. The van der Waals surface area contributed by atoms with E-state index >= 15 is 0 Å². The van der Waals surface area contributed by atoms with Gasteiger partial charge in [0.25, 0.3) is 5.91 Å². The SMILES string of the molecule is Cn1cnc2c(Nc3cccc(C(F)(F)F)c3F)ncc(C(=O)N3CCOCC3)c21. The molecule has 1 fully saturated rings. The summed E-state index contributed by atoms with van der Waals surface area (Å²) in [6.07, 6.45) is -2.06. The number of nitrogens with one attached hydrogen (secondary N) is 1. The molecule has 0 bridgehead atoms. The molecule has 0 atom stereocenters. The molecule has 158 valence electrons. The van der Waals surface area contributed by atoms with Gasteiger partial charge in [-0.2, -0.15) is 13.2 Å². The molecular weight excluding hydrogens is 406 g/mol. The zero-order valence-corrected chi connectivity index (χ0v) is 15.8. The monoisotopic (exact) mass is 423 g/mol. The fraction of sp³-hybridized carbons (Fsp3) is 0.316. The maximum Gasteiger partial charge on any atom is 0.419 e. The first kappa shape index (κ1) is 20.1. The fourth-order valence-corrected chi connectivity index (χ4v) is 3.33. The Bertz CT molecular complexity index is 1110. The molecule has 1 saturated heterocycles. The number of pyridine rings is 1. The predicted molar refractivity (Wildman–Crippen MR) is 99.9 cm³/mol. The van der Waals surface area contributed by atoms with Gasteiger partial charge < -0.3 is 19.5 Å². The van der Waals surface area contributed by atoms with Crippen LogP contribution in [0.15, 0.2) is 30.7 Å². The van der Waals surface area contributed by atoms with Crippen molar-refractivity contribution in [3.05, 3.63) is 47.7 Å². The molecule has 3 aromatic rings. The van der Waals surface area contributed by atoms with Gasteiger partial charge in [0.05, 0.1) is 41.9 Å². The summed E-state index contributed by atoms with van der Waals surface area (Å²) in [5.41, 5.74) is -0.799. The number of aryl methyl sites for hydroxylation is 1. The average molecular weight is 423 g/mol. The average Bonchev–Trinajstić information content (AvgIpc) is 3.11. The number of carbonyl (C=O) groups is 1. The molecule has 3 heterocycles. The number of ether oxygens (including phenoxy) is 1. The van der Waals surface area contributed by atoms with E-state index < -0.39 is 23.2 Å². The minimum absolute atomic E-state index is 0.0438. The number of nitrogens with zero attached hydrogens (tertiary/aromatic N) is 4. The lowest BCUT2D eigenvalue weighted by Crippen LogP contribution is -2.40. The quantitative estimate of drug-likeness (QED) is 0.655. The van der Waals surface area contributed by atoms with Gasteiger partial charge in [0.1, 0.15) is 5.52 Å². The number of halogens is 4. The number of hydrogen-bond donors (Lipinski definition) is 1. The molecule has 1 amide bonds. The number of carbonyl (C=O) groups excluding carboxylic acids is 1. The highest BCUT2D eigenvalue weighted by Crippen LogP contribution is 2.35. The Kier molecular flexibility index (Phi) is 5.06. The molecule has 1 aliphatic rings. The van der Waals surface area contributed by atoms with E-state index in [2.05, 4.69) is 15.3 Å². The number of morpholine rings is 1. The minimum Gasteiger partial charge on any atom is -0.378 e. The van der Waals surface area contributed by atoms with Crippen molar-refractivity contribution in [3.63, 3.8) is 0 Å². The second-order valence-electron chi connectivity index (χ2n) is 6.77. The molecule has 1 aromatic carbocycles. The standard InChI is InChI=1S/C19H17F4N5O2/c1-27-10-25-15-16(27)11(18(29)28-5-7-30-8-6-28)9-24-17(15)26-13-4-2-3-12(14(13)20)19(21,22)23/h2-4,9-10H,5-8H2,1H3,(H,24,26). The topological polar surface area (TPSA) is 72.3 Å². The summed E-state index contributed by atoms with van der Waals surface area (Å²) in [5, 5.41) is 2.58. The highest BCUT2D eigenvalue weighted by Gasteiger charge is 2.35. The lowest BCUT2D eigenvalue weighted by atomic mass is 10.1. The van der Waals surface area contributed by atoms with Gasteiger partial charge in [-0.05, 0) is 12.1 Å². The van der Waals surface area contributed by atoms with Crippen molar-refractivity contribution in [3.8, 4) is 0 Å². The molecule has 0 aliphatic carbocycles. The van der Waals surface area contributed by atoms with Gasteiger partial charge in [0.15, 0.2) is 11.6 Å². The first-order valence-corrected chi connectivity index (χ1v) is 9.07. The van der Waals surface area contributed by atoms with Crippen LogP contribution >= 0.6 is 0 Å². The number of amides is 1. The summed E-state index contributed by atoms with van der Waals surface area (Å²) in [4.78, 5) is 22.9. The molecule has 30 heavy (non-hydrogen) atoms. The normalized spacial score (nSPS) is 14.9. The van der Waals surface area contributed by atoms with Crippen LogP contribution in [0.3, 0.4) is 0 Å². The molecule has 2 aromatic heterocycles. The fourth-order valence-electron chi connectivity index (χ4n) is 3.33. The van der Waals surface area contributed by atoms with Crippen molar-refractivity contribution >= 4 is 28.4 Å². The third-order valence-electron chi connectivity index (χ3n) is 4.83. The maximum absolute atomic E-state index is 14.4. The van der Waals surface area contributed by atoms with Crippen LogP contribution in [0.4, 0.5) is 29.1 Å². The molecule has 1 aliphatic heterocycles. The van der Waals surface area contributed by atoms with Crippen molar-refractivity contribution in [2.75, 3.05) is 31.6 Å². The van der Waals surface area contributed by atoms with E-state index in [1.807, 2.05) is 0 Å². The van der Waals surface area contributed by atoms with Crippen LogP contribution < -0.4 is 5.32 Å². The Morgan fingerprint density at radius 3 is 2.63 bits per heavy atom. The number of benzene rings is 1. The Morgan fingerprint density at radius 1 is 1.20 bits per heavy atom. The Hall–Kier alpha value is -3.21. The van der Waals surface area contributed by atoms with Crippen LogP contribution in [-0.4, -0.2) is 51.6 Å². The van der Waals surface area contributed by atoms with E-state index in [1.54, 1.807) is 16.5 Å². The van der Waals surface area contributed by atoms with E-state index in [-0.39, 0.29) is 17.2 Å². The van der Waals surface area contributed by atoms with Crippen molar-refractivity contribution in [2.24, 2.45) is 7.05 Å². The third kappa shape index (κ3) is 3.56. The highest BCUT2D eigenvalue weighted by molar-refractivity contribution is 6.07. The Morgan fingerprint density at radius 2 is 1.93 bits per heavy atom. The molecule has 0 unspecified atom stereocenters. The van der Waals surface area contributed by atoms with Crippen LogP contribution in [0.1, 0.15) is 15.9 Å². The van der Waals surface area contributed by atoms with Crippen molar-refractivity contribution in [1.29, 1.82) is 0 Å². The lowest BCUT2D eigenvalue weighted by molar-refractivity contribution is -0.139. The van der Waals surface area contributed by atoms with Crippen molar-refractivity contribution < 1.29 is 27.1 Å². The molecule has 4 rings (SSSR count). The van der Waals surface area contributed by atoms with Crippen LogP contribution in [-0.2, 0) is 18.0 Å². The Labute approximate surface area is 168 Å². The molecule has 0 spiro atoms. The molecule has 1 N–H and O–H groups in total. The summed E-state index contributed by atoms with van der Waals surface area (Å²) >= 11 is 0. The van der Waals surface area contributed by atoms with Gasteiger partial charge in [-0.15, -0.1) is 0 Å². The molecule has 0 saturated carbocycles. The van der Waals surface area contributed by atoms with Crippen molar-refractivity contribution in [1.82, 2.24) is 19.4 Å². The van der Waals surface area contributed by atoms with Gasteiger partial charge in [0.2, 0.25) is 0 Å². The van der Waals surface area contributed by atoms with Crippen LogP contribution in [0.25, 0.3) is 11.0 Å². The van der Waals surface area contributed by atoms with Gasteiger partial charge in [-0.25, -0.2) is 14.4 Å². The molecule has 0 radical (unpaired) electrons. The second-order valence-corrected chi connectivity index (χ2v) is 6.77. The number of rotatable bonds is 3. The number of alkyl halides is 3. The zero-order valence-electron chi connectivity index (χ0n) is 15.8. The van der Waals surface area contributed by atoms with E-state index in [1.165, 1.54) is 18.6 Å². The summed E-state index contributed by atoms with van der Waals surface area (Å²) in [6, 6.07) is 2.93. The van der Waals surface area contributed by atoms with E-state index in [0.29, 0.717) is 43.4 Å². The van der Waals surface area contributed by atoms with Gasteiger partial charge in [-0.1, -0.05) is 6.07 Å². The maximum atomic E-state index is 14.4. The van der Waals surface area contributed by atoms with Crippen LogP contribution in [0.5, 0.6) is 0 Å². The van der Waals surface area contributed by atoms with Crippen LogP contribution in [0.2, 0.25) is 0 Å². The molecule has 11 heteroatoms. The summed E-state index contributed by atoms with van der Waals surface area (Å²) in [7, 11) is 1.68. The molecular formula is C19H17F4N5O2. The van der Waals surface area contributed by atoms with E-state index in [0.717, 1.165) is 6.07 Å². The van der Waals surface area contributed by atoms with Crippen molar-refractivity contribution in [2.45, 2.75) is 6.18 Å². The summed E-state index contributed by atoms with van der Waals surface area (Å²) < 4.78 is 60.2. The number of fused-ring (bicyclic) bond motifs is 1. The zero-order chi connectivity index (χ0) is 21.5. The van der Waals surface area contributed by atoms with Crippen LogP contribution in [0, 0.1) is 5.82 Å². The Balaban J connectivity index is 1.73. The molecule has 7 nitrogen and oxygen atoms in total. The number of hydrogen-bond acceptors (Lipinski definition) is 5. The highest BCUT2D eigenvalue weighted by atomic mass is 19.4. The third-order valence-corrected chi connectivity index (χ3v) is 4.83. The van der Waals surface area contributed by atoms with Gasteiger partial charge >= 0.3 is 6.18 Å². The number of anilines is 2. The first-order chi connectivity index (χ1) is 14.3. The largest absolute Gasteiger partial charge is 0.419 e. The lowest BCUT2D eigenvalue weighted by Gasteiger charge is -2.27. The van der Waals surface area contributed by atoms with Gasteiger partial charge in [0, 0.05) is 26.3 Å². The summed E-state index contributed by atoms with van der Waals surface area (Å²) in [5.74, 6) is -1.65.